The number of nitrogens with zero attached hydrogens (tertiary/aromatic N) is 3. The van der Waals surface area contributed by atoms with Crippen molar-refractivity contribution in [3.8, 4) is 0 Å². The summed E-state index contributed by atoms with van der Waals surface area (Å²) >= 11 is 5.70. The van der Waals surface area contributed by atoms with E-state index >= 15 is 0 Å². The van der Waals surface area contributed by atoms with Crippen LogP contribution in [0.15, 0.2) is 89.8 Å². The molecule has 3 aromatic heterocycles. The minimum absolute atomic E-state index is 0.139. The number of nitrogens with one attached hydrogen (secondary N) is 2. The maximum atomic E-state index is 14.0. The molecule has 1 aromatic carbocycles. The van der Waals surface area contributed by atoms with Gasteiger partial charge in [-0.15, -0.1) is 0 Å². The van der Waals surface area contributed by atoms with Gasteiger partial charge in [0.25, 0.3) is 0 Å². The summed E-state index contributed by atoms with van der Waals surface area (Å²) in [6.07, 6.45) is 5.55. The minimum Gasteiger partial charge on any atom is -0.467 e. The first kappa shape index (κ1) is 22.8. The zero-order valence-corrected chi connectivity index (χ0v) is 19.6. The lowest BCUT2D eigenvalue weighted by molar-refractivity contribution is -0.116. The van der Waals surface area contributed by atoms with E-state index in [1.54, 1.807) is 24.6 Å². The van der Waals surface area contributed by atoms with E-state index in [4.69, 9.17) is 16.6 Å². The summed E-state index contributed by atoms with van der Waals surface area (Å²) < 4.78 is 21.6. The Labute approximate surface area is 207 Å². The predicted molar refractivity (Wildman–Crippen MR) is 134 cm³/mol. The molecule has 0 saturated carbocycles. The zero-order chi connectivity index (χ0) is 24.2. The maximum Gasteiger partial charge on any atom is 0.226 e. The number of thiocarbonyl (C=S) groups is 1. The number of anilines is 1. The molecule has 4 heterocycles. The van der Waals surface area contributed by atoms with Crippen molar-refractivity contribution in [3.05, 3.63) is 108 Å². The van der Waals surface area contributed by atoms with Crippen molar-refractivity contribution in [3.63, 3.8) is 0 Å². The first-order chi connectivity index (χ1) is 17.1. The number of hydrogen-bond acceptors (Lipinski definition) is 4. The van der Waals surface area contributed by atoms with Gasteiger partial charge in [0.15, 0.2) is 5.11 Å². The first-order valence-electron chi connectivity index (χ1n) is 11.3. The average Bonchev–Trinajstić information content (AvgIpc) is 3.61. The molecule has 1 saturated heterocycles. The van der Waals surface area contributed by atoms with Crippen molar-refractivity contribution in [2.45, 2.75) is 25.0 Å². The van der Waals surface area contributed by atoms with E-state index in [1.165, 1.54) is 12.1 Å². The van der Waals surface area contributed by atoms with Gasteiger partial charge in [-0.25, -0.2) is 4.39 Å². The van der Waals surface area contributed by atoms with Crippen LogP contribution in [0.4, 0.5) is 10.1 Å². The van der Waals surface area contributed by atoms with Crippen molar-refractivity contribution in [2.24, 2.45) is 0 Å². The Morgan fingerprint density at radius 2 is 1.97 bits per heavy atom. The monoisotopic (exact) mass is 489 g/mol. The summed E-state index contributed by atoms with van der Waals surface area (Å²) in [5.74, 6) is 0.0770. The molecule has 1 fully saturated rings. The van der Waals surface area contributed by atoms with Gasteiger partial charge in [-0.3, -0.25) is 9.78 Å². The summed E-state index contributed by atoms with van der Waals surface area (Å²) in [6.45, 7) is 0.918. The van der Waals surface area contributed by atoms with Gasteiger partial charge >= 0.3 is 0 Å². The van der Waals surface area contributed by atoms with E-state index in [1.807, 2.05) is 53.6 Å². The van der Waals surface area contributed by atoms with Crippen LogP contribution in [0.25, 0.3) is 0 Å². The molecule has 0 spiro atoms. The van der Waals surface area contributed by atoms with Crippen molar-refractivity contribution in [1.29, 1.82) is 0 Å². The predicted octanol–water partition coefficient (Wildman–Crippen LogP) is 4.66. The van der Waals surface area contributed by atoms with Crippen LogP contribution in [0.3, 0.4) is 0 Å². The number of furan rings is 1. The fourth-order valence-corrected chi connectivity index (χ4v) is 4.71. The van der Waals surface area contributed by atoms with E-state index in [9.17, 15) is 9.18 Å². The number of para-hydroxylation sites is 1. The molecule has 1 aliphatic heterocycles. The lowest BCUT2D eigenvalue weighted by Crippen LogP contribution is -2.33. The molecular formula is C26H24FN5O2S. The number of pyridine rings is 1. The van der Waals surface area contributed by atoms with Crippen LogP contribution in [0, 0.1) is 5.82 Å². The molecule has 0 aliphatic carbocycles. The number of halogens is 1. The Morgan fingerprint density at radius 1 is 1.11 bits per heavy atom. The van der Waals surface area contributed by atoms with E-state index in [0.717, 1.165) is 17.1 Å². The topological polar surface area (TPSA) is 75.3 Å². The molecule has 5 rings (SSSR count). The second-order valence-electron chi connectivity index (χ2n) is 8.24. The van der Waals surface area contributed by atoms with E-state index in [2.05, 4.69) is 20.2 Å². The lowest BCUT2D eigenvalue weighted by atomic mass is 10.0. The number of carbonyl (C=O) groups excluding carboxylic acids is 1. The number of amides is 1. The highest BCUT2D eigenvalue weighted by Crippen LogP contribution is 2.39. The van der Waals surface area contributed by atoms with Crippen LogP contribution in [-0.2, 0) is 11.3 Å². The van der Waals surface area contributed by atoms with Gasteiger partial charge in [0, 0.05) is 31.1 Å². The Balaban J connectivity index is 1.40. The highest BCUT2D eigenvalue weighted by Gasteiger charge is 2.41. The van der Waals surface area contributed by atoms with Crippen LogP contribution in [0.5, 0.6) is 0 Å². The number of hydrogen-bond donors (Lipinski definition) is 2. The smallest absolute Gasteiger partial charge is 0.226 e. The van der Waals surface area contributed by atoms with Crippen molar-refractivity contribution >= 4 is 28.9 Å². The molecule has 0 radical (unpaired) electrons. The maximum absolute atomic E-state index is 14.0. The molecule has 9 heteroatoms. The average molecular weight is 490 g/mol. The summed E-state index contributed by atoms with van der Waals surface area (Å²) in [4.78, 5) is 19.2. The second kappa shape index (κ2) is 10.1. The minimum atomic E-state index is -0.469. The number of carbonyl (C=O) groups is 1. The summed E-state index contributed by atoms with van der Waals surface area (Å²) in [6, 6.07) is 19.3. The van der Waals surface area contributed by atoms with Crippen LogP contribution in [0.1, 0.15) is 35.7 Å². The van der Waals surface area contributed by atoms with Crippen molar-refractivity contribution in [1.82, 2.24) is 19.8 Å². The van der Waals surface area contributed by atoms with Gasteiger partial charge in [0.05, 0.1) is 36.3 Å². The number of benzene rings is 1. The van der Waals surface area contributed by atoms with Gasteiger partial charge in [0.1, 0.15) is 11.6 Å². The third kappa shape index (κ3) is 4.95. The molecule has 1 amide bonds. The largest absolute Gasteiger partial charge is 0.467 e. The van der Waals surface area contributed by atoms with Crippen LogP contribution in [0.2, 0.25) is 0 Å². The van der Waals surface area contributed by atoms with Gasteiger partial charge in [-0.2, -0.15) is 0 Å². The van der Waals surface area contributed by atoms with Gasteiger partial charge in [-0.1, -0.05) is 18.2 Å². The molecule has 2 N–H and O–H groups in total. The van der Waals surface area contributed by atoms with Crippen LogP contribution in [-0.4, -0.2) is 32.0 Å². The highest BCUT2D eigenvalue weighted by atomic mass is 32.1. The third-order valence-electron chi connectivity index (χ3n) is 6.00. The first-order valence-corrected chi connectivity index (χ1v) is 11.7. The Hall–Kier alpha value is -3.98. The Morgan fingerprint density at radius 3 is 2.74 bits per heavy atom. The van der Waals surface area contributed by atoms with E-state index in [-0.39, 0.29) is 30.1 Å². The molecule has 7 nitrogen and oxygen atoms in total. The second-order valence-corrected chi connectivity index (χ2v) is 8.63. The van der Waals surface area contributed by atoms with E-state index in [0.29, 0.717) is 18.2 Å². The van der Waals surface area contributed by atoms with Gasteiger partial charge < -0.3 is 24.5 Å². The van der Waals surface area contributed by atoms with Crippen molar-refractivity contribution < 1.29 is 13.6 Å². The molecular weight excluding hydrogens is 465 g/mol. The number of aromatic nitrogens is 2. The Bertz CT molecular complexity index is 1310. The molecule has 178 valence electrons. The zero-order valence-electron chi connectivity index (χ0n) is 18.8. The SMILES string of the molecule is O=C(CCN1C(=S)N[C@H](c2ccccn2)[C@H]1c1cccn1Cc1ccco1)Nc1ccccc1F. The quantitative estimate of drug-likeness (QED) is 0.351. The molecule has 0 unspecified atom stereocenters. The molecule has 0 bridgehead atoms. The van der Waals surface area contributed by atoms with Crippen LogP contribution < -0.4 is 10.6 Å². The lowest BCUT2D eigenvalue weighted by Gasteiger charge is -2.28. The summed E-state index contributed by atoms with van der Waals surface area (Å²) in [5.41, 5.74) is 2.03. The Kier molecular flexibility index (Phi) is 6.58. The fourth-order valence-electron chi connectivity index (χ4n) is 4.38. The summed E-state index contributed by atoms with van der Waals surface area (Å²) in [7, 11) is 0. The highest BCUT2D eigenvalue weighted by molar-refractivity contribution is 7.80. The molecule has 1 aliphatic rings. The standard InChI is InChI=1S/C26H24FN5O2S/c27-19-8-1-2-9-20(19)29-23(33)12-15-32-25(24(30-26(32)35)21-10-3-4-13-28-21)22-11-5-14-31(22)17-18-7-6-16-34-18/h1-11,13-14,16,24-25H,12,15,17H2,(H,29,33)(H,30,35)/t24-,25-/m1/s1. The molecule has 35 heavy (non-hydrogen) atoms. The van der Waals surface area contributed by atoms with Crippen molar-refractivity contribution in [2.75, 3.05) is 11.9 Å². The van der Waals surface area contributed by atoms with Gasteiger partial charge in [-0.05, 0) is 60.7 Å². The molecule has 4 aromatic rings. The van der Waals surface area contributed by atoms with E-state index < -0.39 is 5.82 Å². The summed E-state index contributed by atoms with van der Waals surface area (Å²) in [5, 5.41) is 6.58. The normalized spacial score (nSPS) is 17.4. The molecule has 2 atom stereocenters. The van der Waals surface area contributed by atoms with Crippen LogP contribution >= 0.6 is 12.2 Å². The number of rotatable bonds is 8. The fraction of sp³-hybridized carbons (Fsp3) is 0.192. The van der Waals surface area contributed by atoms with Gasteiger partial charge in [0.2, 0.25) is 5.91 Å². The third-order valence-corrected chi connectivity index (χ3v) is 6.35.